The summed E-state index contributed by atoms with van der Waals surface area (Å²) in [6, 6.07) is 26.9. The van der Waals surface area contributed by atoms with Crippen molar-refractivity contribution >= 4 is 23.9 Å². The van der Waals surface area contributed by atoms with Crippen LogP contribution in [0.4, 0.5) is 0 Å². The smallest absolute Gasteiger partial charge is 0.336 e. The molecule has 0 radical (unpaired) electrons. The second-order valence-corrected chi connectivity index (χ2v) is 9.08. The quantitative estimate of drug-likeness (QED) is 0.131. The summed E-state index contributed by atoms with van der Waals surface area (Å²) in [5.74, 6) is -3.83. The summed E-state index contributed by atoms with van der Waals surface area (Å²) in [4.78, 5) is 44.0. The predicted molar refractivity (Wildman–Crippen MR) is 158 cm³/mol. The molecule has 11 heteroatoms. The number of benzene rings is 4. The van der Waals surface area contributed by atoms with Gasteiger partial charge >= 0.3 is 23.9 Å². The zero-order valence-electron chi connectivity index (χ0n) is 23.4. The number of ether oxygens (including phenoxy) is 3. The number of hydrogen-bond acceptors (Lipinski definition) is 7. The Hall–Kier alpha value is -5.84. The molecule has 4 N–H and O–H groups in total. The molecule has 0 aliphatic heterocycles. The first-order chi connectivity index (χ1) is 21.2. The van der Waals surface area contributed by atoms with E-state index in [9.17, 15) is 19.2 Å². The van der Waals surface area contributed by atoms with Gasteiger partial charge in [0.05, 0.1) is 28.9 Å². The second-order valence-electron chi connectivity index (χ2n) is 9.08. The fourth-order valence-electron chi connectivity index (χ4n) is 3.90. The Labute approximate surface area is 252 Å². The van der Waals surface area contributed by atoms with E-state index >= 15 is 0 Å². The molecule has 0 heterocycles. The summed E-state index contributed by atoms with van der Waals surface area (Å²) in [7, 11) is 0. The van der Waals surface area contributed by atoms with Crippen LogP contribution in [0.3, 0.4) is 0 Å². The molecule has 0 unspecified atom stereocenters. The topological polar surface area (TPSA) is 177 Å². The molecule has 0 aliphatic rings. The Morgan fingerprint density at radius 2 is 0.864 bits per heavy atom. The van der Waals surface area contributed by atoms with Crippen molar-refractivity contribution in [2.24, 2.45) is 0 Å². The largest absolute Gasteiger partial charge is 0.494 e. The highest BCUT2D eigenvalue weighted by Gasteiger charge is 2.17. The van der Waals surface area contributed by atoms with Crippen molar-refractivity contribution in [2.75, 3.05) is 19.8 Å². The van der Waals surface area contributed by atoms with E-state index in [2.05, 4.69) is 0 Å². The van der Waals surface area contributed by atoms with E-state index in [-0.39, 0.29) is 41.2 Å². The van der Waals surface area contributed by atoms with Gasteiger partial charge in [-0.05, 0) is 66.9 Å². The molecule has 4 aromatic rings. The van der Waals surface area contributed by atoms with E-state index in [1.807, 2.05) is 60.7 Å². The number of carboxylic acid groups (broad SMARTS) is 4. The van der Waals surface area contributed by atoms with Gasteiger partial charge in [0.15, 0.2) is 0 Å². The van der Waals surface area contributed by atoms with Crippen molar-refractivity contribution in [3.63, 3.8) is 0 Å². The zero-order chi connectivity index (χ0) is 31.9. The van der Waals surface area contributed by atoms with Crippen molar-refractivity contribution in [1.29, 1.82) is 0 Å². The third kappa shape index (κ3) is 10.2. The van der Waals surface area contributed by atoms with Gasteiger partial charge in [-0.15, -0.1) is 0 Å². The standard InChI is InChI=1S/C17H16O5.C16H14O6/c18-16(19)14-9-8-13(11-15(14)17(20)21)22-10-4-7-12-5-2-1-3-6-12;17-15(18)13-7-6-12(10-14(13)16(19)20)22-9-8-21-11-4-2-1-3-5-11/h1-3,5-6,8-9,11H,4,7,10H2,(H,18,19)(H,20,21);1-7,10H,8-9H2,(H,17,18)(H,19,20). The number of carboxylic acids is 4. The molecule has 4 rings (SSSR count). The molecular formula is C33H30O11. The Bertz CT molecular complexity index is 1450. The lowest BCUT2D eigenvalue weighted by Gasteiger charge is -2.09. The Morgan fingerprint density at radius 3 is 1.32 bits per heavy atom. The molecule has 4 aromatic carbocycles. The van der Waals surface area contributed by atoms with Crippen molar-refractivity contribution < 1.29 is 53.8 Å². The molecule has 0 saturated carbocycles. The molecule has 0 spiro atoms. The molecule has 0 bridgehead atoms. The fraction of sp³-hybridized carbons (Fsp3) is 0.152. The average Bonchev–Trinajstić information content (AvgIpc) is 3.02. The van der Waals surface area contributed by atoms with Gasteiger partial charge in [0.2, 0.25) is 0 Å². The van der Waals surface area contributed by atoms with E-state index in [1.165, 1.54) is 42.0 Å². The molecule has 0 atom stereocenters. The lowest BCUT2D eigenvalue weighted by molar-refractivity contribution is 0.0651. The van der Waals surface area contributed by atoms with Crippen LogP contribution in [0.15, 0.2) is 97.1 Å². The molecule has 228 valence electrons. The molecule has 0 aromatic heterocycles. The fourth-order valence-corrected chi connectivity index (χ4v) is 3.90. The van der Waals surface area contributed by atoms with Crippen LogP contribution in [-0.2, 0) is 6.42 Å². The SMILES string of the molecule is O=C(O)c1ccc(OCCCc2ccccc2)cc1C(=O)O.O=C(O)c1ccc(OCCOc2ccccc2)cc1C(=O)O. The van der Waals surface area contributed by atoms with Gasteiger partial charge in [0.25, 0.3) is 0 Å². The summed E-state index contributed by atoms with van der Waals surface area (Å²) < 4.78 is 16.3. The first-order valence-electron chi connectivity index (χ1n) is 13.3. The van der Waals surface area contributed by atoms with Gasteiger partial charge in [-0.25, -0.2) is 19.2 Å². The van der Waals surface area contributed by atoms with Crippen LogP contribution in [0.5, 0.6) is 17.2 Å². The summed E-state index contributed by atoms with van der Waals surface area (Å²) in [5, 5.41) is 35.9. The van der Waals surface area contributed by atoms with Gasteiger partial charge in [0, 0.05) is 0 Å². The van der Waals surface area contributed by atoms with Crippen molar-refractivity contribution in [3.8, 4) is 17.2 Å². The monoisotopic (exact) mass is 602 g/mol. The van der Waals surface area contributed by atoms with Crippen LogP contribution in [0.1, 0.15) is 53.4 Å². The highest BCUT2D eigenvalue weighted by molar-refractivity contribution is 6.02. The molecule has 11 nitrogen and oxygen atoms in total. The predicted octanol–water partition coefficient (Wildman–Crippen LogP) is 5.64. The number of hydrogen-bond donors (Lipinski definition) is 4. The summed E-state index contributed by atoms with van der Waals surface area (Å²) >= 11 is 0. The Balaban J connectivity index is 0.000000240. The molecular weight excluding hydrogens is 572 g/mol. The van der Waals surface area contributed by atoms with Crippen LogP contribution in [0.25, 0.3) is 0 Å². The number of aryl methyl sites for hydroxylation is 1. The average molecular weight is 603 g/mol. The minimum atomic E-state index is -1.32. The van der Waals surface area contributed by atoms with Gasteiger partial charge in [-0.1, -0.05) is 48.5 Å². The summed E-state index contributed by atoms with van der Waals surface area (Å²) in [5.41, 5.74) is 0.102. The highest BCUT2D eigenvalue weighted by Crippen LogP contribution is 2.20. The second kappa shape index (κ2) is 16.6. The van der Waals surface area contributed by atoms with Gasteiger partial charge in [-0.3, -0.25) is 0 Å². The van der Waals surface area contributed by atoms with Crippen LogP contribution in [0.2, 0.25) is 0 Å². The molecule has 44 heavy (non-hydrogen) atoms. The van der Waals surface area contributed by atoms with Crippen LogP contribution in [-0.4, -0.2) is 64.1 Å². The third-order valence-electron chi connectivity index (χ3n) is 5.99. The van der Waals surface area contributed by atoms with Crippen LogP contribution < -0.4 is 14.2 Å². The normalized spacial score (nSPS) is 10.1. The van der Waals surface area contributed by atoms with Crippen molar-refractivity contribution in [3.05, 3.63) is 125 Å². The zero-order valence-corrected chi connectivity index (χ0v) is 23.4. The van der Waals surface area contributed by atoms with Crippen molar-refractivity contribution in [2.45, 2.75) is 12.8 Å². The first-order valence-corrected chi connectivity index (χ1v) is 13.3. The van der Waals surface area contributed by atoms with Crippen molar-refractivity contribution in [1.82, 2.24) is 0 Å². The number of carbonyl (C=O) groups is 4. The summed E-state index contributed by atoms with van der Waals surface area (Å²) in [6.45, 7) is 0.924. The van der Waals surface area contributed by atoms with E-state index in [4.69, 9.17) is 34.6 Å². The van der Waals surface area contributed by atoms with E-state index in [0.29, 0.717) is 18.1 Å². The summed E-state index contributed by atoms with van der Waals surface area (Å²) in [6.07, 6.45) is 1.65. The maximum Gasteiger partial charge on any atom is 0.336 e. The number of rotatable bonds is 14. The Kier molecular flexibility index (Phi) is 12.3. The van der Waals surface area contributed by atoms with E-state index in [0.717, 1.165) is 12.8 Å². The van der Waals surface area contributed by atoms with Gasteiger partial charge in [-0.2, -0.15) is 0 Å². The third-order valence-corrected chi connectivity index (χ3v) is 5.99. The molecule has 0 aliphatic carbocycles. The van der Waals surface area contributed by atoms with E-state index in [1.54, 1.807) is 0 Å². The first kappa shape index (κ1) is 32.7. The Morgan fingerprint density at radius 1 is 0.455 bits per heavy atom. The molecule has 0 amide bonds. The lowest BCUT2D eigenvalue weighted by atomic mass is 10.1. The maximum atomic E-state index is 11.1. The minimum absolute atomic E-state index is 0.209. The molecule has 0 fully saturated rings. The number of para-hydroxylation sites is 1. The van der Waals surface area contributed by atoms with Gasteiger partial charge < -0.3 is 34.6 Å². The van der Waals surface area contributed by atoms with Gasteiger partial charge in [0.1, 0.15) is 30.5 Å². The lowest BCUT2D eigenvalue weighted by Crippen LogP contribution is -2.11. The highest BCUT2D eigenvalue weighted by atomic mass is 16.5. The van der Waals surface area contributed by atoms with Crippen LogP contribution >= 0.6 is 0 Å². The number of aromatic carboxylic acids is 4. The van der Waals surface area contributed by atoms with Crippen LogP contribution in [0, 0.1) is 0 Å². The minimum Gasteiger partial charge on any atom is -0.494 e. The van der Waals surface area contributed by atoms with E-state index < -0.39 is 23.9 Å². The molecule has 0 saturated heterocycles. The maximum absolute atomic E-state index is 11.1.